The average Bonchev–Trinajstić information content (AvgIpc) is 2.03. The number of hydrogen-bond acceptors (Lipinski definition) is 3. The summed E-state index contributed by atoms with van der Waals surface area (Å²) in [5.41, 5.74) is -0.360. The molecular weight excluding hydrogens is 198 g/mol. The Kier molecular flexibility index (Phi) is 4.47. The van der Waals surface area contributed by atoms with E-state index in [1.54, 1.807) is 13.8 Å². The molecule has 3 nitrogen and oxygen atoms in total. The van der Waals surface area contributed by atoms with Gasteiger partial charge in [0.2, 0.25) is 0 Å². The van der Waals surface area contributed by atoms with Crippen molar-refractivity contribution in [1.82, 2.24) is 0 Å². The zero-order chi connectivity index (χ0) is 11.4. The number of nitrogens with zero attached hydrogens (tertiary/aromatic N) is 1. The third-order valence-electron chi connectivity index (χ3n) is 2.01. The standard InChI is InChI=1S/C10H17NO2S/c1-9(2,7-11)5-6-14-10(3,4)8(12)13/h5-6H2,1-4H3,(H,12,13). The normalized spacial score (nSPS) is 12.2. The maximum absolute atomic E-state index is 10.8. The first-order valence-corrected chi connectivity index (χ1v) is 5.48. The fraction of sp³-hybridized carbons (Fsp3) is 0.800. The molecule has 0 rings (SSSR count). The first-order valence-electron chi connectivity index (χ1n) is 4.50. The lowest BCUT2D eigenvalue weighted by Gasteiger charge is -2.21. The molecule has 1 N–H and O–H groups in total. The van der Waals surface area contributed by atoms with Crippen LogP contribution in [0, 0.1) is 16.7 Å². The van der Waals surface area contributed by atoms with Crippen LogP contribution in [-0.2, 0) is 4.79 Å². The number of thioether (sulfide) groups is 1. The Morgan fingerprint density at radius 1 is 1.43 bits per heavy atom. The summed E-state index contributed by atoms with van der Waals surface area (Å²) in [7, 11) is 0. The third kappa shape index (κ3) is 4.52. The van der Waals surface area contributed by atoms with Gasteiger partial charge in [0.15, 0.2) is 0 Å². The highest BCUT2D eigenvalue weighted by atomic mass is 32.2. The highest BCUT2D eigenvalue weighted by Crippen LogP contribution is 2.29. The Morgan fingerprint density at radius 3 is 2.29 bits per heavy atom. The van der Waals surface area contributed by atoms with Gasteiger partial charge in [-0.3, -0.25) is 4.79 Å². The van der Waals surface area contributed by atoms with Gasteiger partial charge in [-0.1, -0.05) is 0 Å². The van der Waals surface area contributed by atoms with Crippen LogP contribution in [0.2, 0.25) is 0 Å². The van der Waals surface area contributed by atoms with E-state index in [0.717, 1.165) is 0 Å². The second kappa shape index (κ2) is 4.70. The van der Waals surface area contributed by atoms with Crippen molar-refractivity contribution in [3.8, 4) is 6.07 Å². The van der Waals surface area contributed by atoms with E-state index in [2.05, 4.69) is 6.07 Å². The molecule has 0 heterocycles. The van der Waals surface area contributed by atoms with E-state index in [-0.39, 0.29) is 5.41 Å². The van der Waals surface area contributed by atoms with Crippen molar-refractivity contribution in [2.24, 2.45) is 5.41 Å². The second-order valence-electron chi connectivity index (χ2n) is 4.41. The summed E-state index contributed by atoms with van der Waals surface area (Å²) in [5, 5.41) is 17.6. The molecule has 80 valence electrons. The average molecular weight is 215 g/mol. The van der Waals surface area contributed by atoms with Crippen LogP contribution in [0.3, 0.4) is 0 Å². The second-order valence-corrected chi connectivity index (χ2v) is 6.13. The molecule has 0 aliphatic rings. The van der Waals surface area contributed by atoms with Gasteiger partial charge >= 0.3 is 5.97 Å². The summed E-state index contributed by atoms with van der Waals surface area (Å²) in [4.78, 5) is 10.8. The smallest absolute Gasteiger partial charge is 0.319 e. The SMILES string of the molecule is CC(C)(C#N)CCSC(C)(C)C(=O)O. The molecule has 0 aromatic rings. The van der Waals surface area contributed by atoms with E-state index in [0.29, 0.717) is 12.2 Å². The van der Waals surface area contributed by atoms with Gasteiger partial charge < -0.3 is 5.11 Å². The summed E-state index contributed by atoms with van der Waals surface area (Å²) in [6, 6.07) is 2.20. The van der Waals surface area contributed by atoms with Gasteiger partial charge in [0.1, 0.15) is 4.75 Å². The summed E-state index contributed by atoms with van der Waals surface area (Å²) in [5.74, 6) is -0.114. The van der Waals surface area contributed by atoms with Crippen molar-refractivity contribution in [2.75, 3.05) is 5.75 Å². The fourth-order valence-electron chi connectivity index (χ4n) is 0.679. The Balaban J connectivity index is 3.99. The van der Waals surface area contributed by atoms with Crippen molar-refractivity contribution in [3.05, 3.63) is 0 Å². The molecule has 0 bridgehead atoms. The van der Waals surface area contributed by atoms with Crippen molar-refractivity contribution in [2.45, 2.75) is 38.9 Å². The zero-order valence-electron chi connectivity index (χ0n) is 9.13. The van der Waals surface area contributed by atoms with Gasteiger partial charge in [-0.25, -0.2) is 0 Å². The first kappa shape index (κ1) is 13.3. The number of rotatable bonds is 5. The highest BCUT2D eigenvalue weighted by molar-refractivity contribution is 8.01. The largest absolute Gasteiger partial charge is 0.480 e. The number of nitriles is 1. The first-order chi connectivity index (χ1) is 6.21. The maximum atomic E-state index is 10.8. The molecular formula is C10H17NO2S. The molecule has 0 aliphatic heterocycles. The van der Waals surface area contributed by atoms with Gasteiger partial charge in [0.25, 0.3) is 0 Å². The lowest BCUT2D eigenvalue weighted by atomic mass is 9.93. The number of carboxylic acid groups (broad SMARTS) is 1. The Bertz CT molecular complexity index is 253. The van der Waals surface area contributed by atoms with Gasteiger partial charge in [-0.05, 0) is 39.9 Å². The number of aliphatic carboxylic acids is 1. The zero-order valence-corrected chi connectivity index (χ0v) is 9.94. The van der Waals surface area contributed by atoms with E-state index < -0.39 is 10.7 Å². The van der Waals surface area contributed by atoms with E-state index in [1.807, 2.05) is 13.8 Å². The van der Waals surface area contributed by atoms with Crippen LogP contribution in [0.15, 0.2) is 0 Å². The van der Waals surface area contributed by atoms with Crippen LogP contribution in [-0.4, -0.2) is 21.6 Å². The van der Waals surface area contributed by atoms with Crippen molar-refractivity contribution >= 4 is 17.7 Å². The number of carbonyl (C=O) groups is 1. The molecule has 0 fully saturated rings. The lowest BCUT2D eigenvalue weighted by molar-refractivity contribution is -0.138. The van der Waals surface area contributed by atoms with Gasteiger partial charge in [0.05, 0.1) is 11.5 Å². The minimum atomic E-state index is -0.808. The summed E-state index contributed by atoms with van der Waals surface area (Å²) < 4.78 is -0.758. The molecule has 14 heavy (non-hydrogen) atoms. The highest BCUT2D eigenvalue weighted by Gasteiger charge is 2.28. The molecule has 0 saturated heterocycles. The minimum Gasteiger partial charge on any atom is -0.480 e. The summed E-state index contributed by atoms with van der Waals surface area (Å²) in [6.07, 6.45) is 0.713. The Labute approximate surface area is 89.5 Å². The van der Waals surface area contributed by atoms with Crippen molar-refractivity contribution < 1.29 is 9.90 Å². The maximum Gasteiger partial charge on any atom is 0.319 e. The van der Waals surface area contributed by atoms with Gasteiger partial charge in [-0.2, -0.15) is 5.26 Å². The predicted molar refractivity (Wildman–Crippen MR) is 58.2 cm³/mol. The van der Waals surface area contributed by atoms with Gasteiger partial charge in [-0.15, -0.1) is 11.8 Å². The molecule has 0 atom stereocenters. The van der Waals surface area contributed by atoms with Crippen molar-refractivity contribution in [1.29, 1.82) is 5.26 Å². The van der Waals surface area contributed by atoms with Crippen LogP contribution in [0.4, 0.5) is 0 Å². The van der Waals surface area contributed by atoms with E-state index in [4.69, 9.17) is 10.4 Å². The molecule has 0 aromatic heterocycles. The summed E-state index contributed by atoms with van der Waals surface area (Å²) in [6.45, 7) is 7.08. The number of hydrogen-bond donors (Lipinski definition) is 1. The van der Waals surface area contributed by atoms with E-state index in [1.165, 1.54) is 11.8 Å². The quantitative estimate of drug-likeness (QED) is 0.765. The molecule has 0 aromatic carbocycles. The Morgan fingerprint density at radius 2 is 1.93 bits per heavy atom. The van der Waals surface area contributed by atoms with Crippen LogP contribution in [0.1, 0.15) is 34.1 Å². The van der Waals surface area contributed by atoms with Crippen molar-refractivity contribution in [3.63, 3.8) is 0 Å². The van der Waals surface area contributed by atoms with Crippen LogP contribution in [0.5, 0.6) is 0 Å². The van der Waals surface area contributed by atoms with Crippen LogP contribution < -0.4 is 0 Å². The molecule has 0 aliphatic carbocycles. The fourth-order valence-corrected chi connectivity index (χ4v) is 1.93. The minimum absolute atomic E-state index is 0.360. The molecule has 0 spiro atoms. The van der Waals surface area contributed by atoms with Gasteiger partial charge in [0, 0.05) is 0 Å². The molecule has 0 radical (unpaired) electrons. The van der Waals surface area contributed by atoms with E-state index >= 15 is 0 Å². The third-order valence-corrected chi connectivity index (χ3v) is 3.31. The Hall–Kier alpha value is -0.690. The number of carboxylic acids is 1. The topological polar surface area (TPSA) is 61.1 Å². The monoisotopic (exact) mass is 215 g/mol. The van der Waals surface area contributed by atoms with Crippen LogP contribution in [0.25, 0.3) is 0 Å². The predicted octanol–water partition coefficient (Wildman–Crippen LogP) is 2.52. The lowest BCUT2D eigenvalue weighted by Crippen LogP contribution is -2.28. The molecule has 0 amide bonds. The molecule has 0 saturated carbocycles. The molecule has 4 heteroatoms. The van der Waals surface area contributed by atoms with E-state index in [9.17, 15) is 4.79 Å². The summed E-state index contributed by atoms with van der Waals surface area (Å²) >= 11 is 1.38. The molecule has 0 unspecified atom stereocenters. The van der Waals surface area contributed by atoms with Crippen LogP contribution >= 0.6 is 11.8 Å².